The Morgan fingerprint density at radius 2 is 2.14 bits per heavy atom. The predicted molar refractivity (Wildman–Crippen MR) is 95.4 cm³/mol. The van der Waals surface area contributed by atoms with Gasteiger partial charge in [0.2, 0.25) is 5.91 Å². The van der Waals surface area contributed by atoms with E-state index in [-0.39, 0.29) is 5.91 Å². The van der Waals surface area contributed by atoms with Crippen molar-refractivity contribution >= 4 is 34.2 Å². The molecule has 1 aliphatic rings. The summed E-state index contributed by atoms with van der Waals surface area (Å²) in [6.07, 6.45) is 3.43. The van der Waals surface area contributed by atoms with E-state index in [4.69, 9.17) is 5.73 Å². The van der Waals surface area contributed by atoms with Crippen LogP contribution < -0.4 is 11.1 Å². The fourth-order valence-electron chi connectivity index (χ4n) is 2.83. The lowest BCUT2D eigenvalue weighted by Crippen LogP contribution is -2.39. The van der Waals surface area contributed by atoms with Gasteiger partial charge in [-0.15, -0.1) is 0 Å². The zero-order valence-electron chi connectivity index (χ0n) is 12.6. The minimum absolute atomic E-state index is 0.0802. The van der Waals surface area contributed by atoms with Gasteiger partial charge in [0.15, 0.2) is 0 Å². The van der Waals surface area contributed by atoms with Crippen molar-refractivity contribution in [2.24, 2.45) is 11.7 Å². The first-order valence-corrected chi connectivity index (χ1v) is 8.65. The van der Waals surface area contributed by atoms with E-state index in [1.54, 1.807) is 0 Å². The molecule has 3 N–H and O–H groups in total. The summed E-state index contributed by atoms with van der Waals surface area (Å²) in [5, 5.41) is 3.02. The Kier molecular flexibility index (Phi) is 6.44. The highest BCUT2D eigenvalue weighted by atomic mass is 127. The van der Waals surface area contributed by atoms with Gasteiger partial charge in [0.05, 0.1) is 6.54 Å². The SMILES string of the molecule is Cc1cc(I)ccc1NC(=O)CN1CCC(CCN)CC1. The maximum absolute atomic E-state index is 12.2. The highest BCUT2D eigenvalue weighted by Crippen LogP contribution is 2.20. The Morgan fingerprint density at radius 3 is 2.76 bits per heavy atom. The molecule has 1 heterocycles. The lowest BCUT2D eigenvalue weighted by Gasteiger charge is -2.31. The molecule has 0 bridgehead atoms. The number of anilines is 1. The summed E-state index contributed by atoms with van der Waals surface area (Å²) >= 11 is 2.28. The number of nitrogens with zero attached hydrogens (tertiary/aromatic N) is 1. The van der Waals surface area contributed by atoms with E-state index >= 15 is 0 Å². The molecule has 1 aromatic rings. The quantitative estimate of drug-likeness (QED) is 0.746. The summed E-state index contributed by atoms with van der Waals surface area (Å²) < 4.78 is 1.19. The molecule has 1 saturated heterocycles. The minimum atomic E-state index is 0.0802. The van der Waals surface area contributed by atoms with Crippen molar-refractivity contribution in [3.63, 3.8) is 0 Å². The molecule has 1 aromatic carbocycles. The number of carbonyl (C=O) groups excluding carboxylic acids is 1. The average molecular weight is 401 g/mol. The Hall–Kier alpha value is -0.660. The van der Waals surface area contributed by atoms with E-state index in [0.717, 1.165) is 56.1 Å². The molecule has 1 fully saturated rings. The van der Waals surface area contributed by atoms with Gasteiger partial charge in [-0.1, -0.05) is 0 Å². The number of nitrogens with two attached hydrogens (primary N) is 1. The smallest absolute Gasteiger partial charge is 0.238 e. The van der Waals surface area contributed by atoms with Crippen LogP contribution in [0.2, 0.25) is 0 Å². The van der Waals surface area contributed by atoms with Crippen LogP contribution in [0.3, 0.4) is 0 Å². The number of likely N-dealkylation sites (tertiary alicyclic amines) is 1. The van der Waals surface area contributed by atoms with Gasteiger partial charge in [-0.25, -0.2) is 0 Å². The van der Waals surface area contributed by atoms with Gasteiger partial charge in [0, 0.05) is 9.26 Å². The molecule has 0 unspecified atom stereocenters. The highest BCUT2D eigenvalue weighted by Gasteiger charge is 2.20. The molecular formula is C16H24IN3O. The third-order valence-corrected chi connectivity index (χ3v) is 4.78. The van der Waals surface area contributed by atoms with Crippen LogP contribution in [0.5, 0.6) is 0 Å². The second-order valence-electron chi connectivity index (χ2n) is 5.80. The van der Waals surface area contributed by atoms with Gasteiger partial charge in [-0.3, -0.25) is 9.69 Å². The van der Waals surface area contributed by atoms with Gasteiger partial charge in [-0.2, -0.15) is 0 Å². The monoisotopic (exact) mass is 401 g/mol. The Morgan fingerprint density at radius 1 is 1.43 bits per heavy atom. The van der Waals surface area contributed by atoms with E-state index in [0.29, 0.717) is 6.54 Å². The number of carbonyl (C=O) groups is 1. The molecule has 0 atom stereocenters. The van der Waals surface area contributed by atoms with Crippen LogP contribution >= 0.6 is 22.6 Å². The second-order valence-corrected chi connectivity index (χ2v) is 7.05. The summed E-state index contributed by atoms with van der Waals surface area (Å²) in [7, 11) is 0. The van der Waals surface area contributed by atoms with Crippen LogP contribution in [-0.4, -0.2) is 37.0 Å². The fraction of sp³-hybridized carbons (Fsp3) is 0.562. The molecule has 5 heteroatoms. The summed E-state index contributed by atoms with van der Waals surface area (Å²) in [6, 6.07) is 6.07. The van der Waals surface area contributed by atoms with Gasteiger partial charge >= 0.3 is 0 Å². The van der Waals surface area contributed by atoms with Crippen LogP contribution in [0.25, 0.3) is 0 Å². The number of benzene rings is 1. The van der Waals surface area contributed by atoms with Gasteiger partial charge in [-0.05, 0) is 98.1 Å². The largest absolute Gasteiger partial charge is 0.330 e. The maximum Gasteiger partial charge on any atom is 0.238 e. The van der Waals surface area contributed by atoms with Crippen LogP contribution in [0.4, 0.5) is 5.69 Å². The lowest BCUT2D eigenvalue weighted by atomic mass is 9.94. The third-order valence-electron chi connectivity index (χ3n) is 4.11. The molecule has 2 rings (SSSR count). The van der Waals surface area contributed by atoms with E-state index in [9.17, 15) is 4.79 Å². The molecule has 0 spiro atoms. The standard InChI is InChI=1S/C16H24IN3O/c1-12-10-14(17)2-3-15(12)19-16(21)11-20-8-5-13(4-7-18)6-9-20/h2-3,10,13H,4-9,11,18H2,1H3,(H,19,21). The third kappa shape index (κ3) is 5.23. The fourth-order valence-corrected chi connectivity index (χ4v) is 3.48. The number of amides is 1. The Balaban J connectivity index is 1.80. The van der Waals surface area contributed by atoms with Crippen molar-refractivity contribution in [2.45, 2.75) is 26.2 Å². The predicted octanol–water partition coefficient (Wildman–Crippen LogP) is 2.60. The molecule has 0 radical (unpaired) electrons. The molecule has 4 nitrogen and oxygen atoms in total. The molecular weight excluding hydrogens is 377 g/mol. The first-order valence-electron chi connectivity index (χ1n) is 7.57. The van der Waals surface area contributed by atoms with E-state index in [1.165, 1.54) is 3.57 Å². The topological polar surface area (TPSA) is 58.4 Å². The van der Waals surface area contributed by atoms with Crippen LogP contribution in [0, 0.1) is 16.4 Å². The molecule has 0 aromatic heterocycles. The number of rotatable bonds is 5. The molecule has 0 aliphatic carbocycles. The number of halogens is 1. The van der Waals surface area contributed by atoms with Crippen molar-refractivity contribution in [2.75, 3.05) is 31.5 Å². The number of hydrogen-bond donors (Lipinski definition) is 2. The van der Waals surface area contributed by atoms with Gasteiger partial charge < -0.3 is 11.1 Å². The average Bonchev–Trinajstić information content (AvgIpc) is 2.44. The second kappa shape index (κ2) is 8.10. The number of aryl methyl sites for hydroxylation is 1. The number of hydrogen-bond acceptors (Lipinski definition) is 3. The summed E-state index contributed by atoms with van der Waals surface area (Å²) in [5.41, 5.74) is 7.63. The molecule has 1 amide bonds. The zero-order valence-corrected chi connectivity index (χ0v) is 14.7. The van der Waals surface area contributed by atoms with Crippen molar-refractivity contribution in [3.8, 4) is 0 Å². The first kappa shape index (κ1) is 16.7. The molecule has 116 valence electrons. The van der Waals surface area contributed by atoms with Crippen molar-refractivity contribution in [3.05, 3.63) is 27.3 Å². The Bertz CT molecular complexity index is 484. The van der Waals surface area contributed by atoms with E-state index in [1.807, 2.05) is 19.1 Å². The summed E-state index contributed by atoms with van der Waals surface area (Å²) in [4.78, 5) is 14.4. The normalized spacial score (nSPS) is 16.9. The van der Waals surface area contributed by atoms with Gasteiger partial charge in [0.1, 0.15) is 0 Å². The van der Waals surface area contributed by atoms with E-state index in [2.05, 4.69) is 38.9 Å². The molecule has 1 aliphatic heterocycles. The summed E-state index contributed by atoms with van der Waals surface area (Å²) in [5.74, 6) is 0.823. The first-order chi connectivity index (χ1) is 10.1. The summed E-state index contributed by atoms with van der Waals surface area (Å²) in [6.45, 7) is 5.29. The Labute approximate surface area is 140 Å². The van der Waals surface area contributed by atoms with Crippen LogP contribution in [0.15, 0.2) is 18.2 Å². The highest BCUT2D eigenvalue weighted by molar-refractivity contribution is 14.1. The number of piperidine rings is 1. The van der Waals surface area contributed by atoms with Gasteiger partial charge in [0.25, 0.3) is 0 Å². The molecule has 0 saturated carbocycles. The van der Waals surface area contributed by atoms with Crippen molar-refractivity contribution < 1.29 is 4.79 Å². The van der Waals surface area contributed by atoms with Crippen LogP contribution in [0.1, 0.15) is 24.8 Å². The van der Waals surface area contributed by atoms with Crippen molar-refractivity contribution in [1.82, 2.24) is 4.90 Å². The molecule has 21 heavy (non-hydrogen) atoms. The maximum atomic E-state index is 12.2. The number of nitrogens with one attached hydrogen (secondary N) is 1. The van der Waals surface area contributed by atoms with E-state index < -0.39 is 0 Å². The zero-order chi connectivity index (χ0) is 15.2. The lowest BCUT2D eigenvalue weighted by molar-refractivity contribution is -0.117. The van der Waals surface area contributed by atoms with Crippen molar-refractivity contribution in [1.29, 1.82) is 0 Å². The minimum Gasteiger partial charge on any atom is -0.330 e. The van der Waals surface area contributed by atoms with Crippen LogP contribution in [-0.2, 0) is 4.79 Å².